The number of anilines is 1. The van der Waals surface area contributed by atoms with Crippen molar-refractivity contribution in [2.24, 2.45) is 0 Å². The summed E-state index contributed by atoms with van der Waals surface area (Å²) >= 11 is 3.61. The molecule has 3 rings (SSSR count). The molecule has 0 fully saturated rings. The highest BCUT2D eigenvalue weighted by Crippen LogP contribution is 2.40. The van der Waals surface area contributed by atoms with Gasteiger partial charge in [0.25, 0.3) is 10.0 Å². The number of sulfonamides is 1. The zero-order valence-electron chi connectivity index (χ0n) is 20.6. The summed E-state index contributed by atoms with van der Waals surface area (Å²) in [6, 6.07) is 14.4. The van der Waals surface area contributed by atoms with Crippen LogP contribution in [0.2, 0.25) is 18.1 Å². The summed E-state index contributed by atoms with van der Waals surface area (Å²) in [5.41, 5.74) is 2.74. The van der Waals surface area contributed by atoms with E-state index in [0.29, 0.717) is 17.2 Å². The van der Waals surface area contributed by atoms with E-state index in [2.05, 4.69) is 55.9 Å². The minimum atomic E-state index is -3.79. The minimum Gasteiger partial charge on any atom is -0.413 e. The number of hydrogen-bond acceptors (Lipinski definition) is 3. The smallest absolute Gasteiger partial charge is 0.264 e. The number of rotatable bonds is 7. The maximum absolute atomic E-state index is 14.0. The lowest BCUT2D eigenvalue weighted by Gasteiger charge is -2.40. The van der Waals surface area contributed by atoms with Crippen molar-refractivity contribution in [3.05, 3.63) is 70.2 Å². The largest absolute Gasteiger partial charge is 0.413 e. The Bertz CT molecular complexity index is 1110. The van der Waals surface area contributed by atoms with E-state index in [1.807, 2.05) is 43.3 Å². The molecule has 0 heterocycles. The van der Waals surface area contributed by atoms with Gasteiger partial charge >= 0.3 is 0 Å². The number of nitrogens with zero attached hydrogens (tertiary/aromatic N) is 1. The molecule has 1 aliphatic rings. The van der Waals surface area contributed by atoms with E-state index in [1.165, 1.54) is 0 Å². The van der Waals surface area contributed by atoms with Crippen molar-refractivity contribution in [1.29, 1.82) is 0 Å². The molecule has 33 heavy (non-hydrogen) atoms. The first-order valence-corrected chi connectivity index (χ1v) is 16.7. The predicted molar refractivity (Wildman–Crippen MR) is 144 cm³/mol. The Morgan fingerprint density at radius 1 is 1.09 bits per heavy atom. The standard InChI is InChI=1S/C26H36BrNO3SSi/c1-20-15-17-22(18-16-20)32(29,30)28(25-14-10-8-12-23(25)27)24-13-9-7-11-21(24)19-31-33(5,6)26(2,3)4/h8,10-12,14-18,24H,7,9,13,19H2,1-6H3. The lowest BCUT2D eigenvalue weighted by atomic mass is 9.94. The summed E-state index contributed by atoms with van der Waals surface area (Å²) in [6.07, 6.45) is 4.84. The van der Waals surface area contributed by atoms with Crippen LogP contribution in [-0.4, -0.2) is 29.4 Å². The number of halogens is 1. The number of allylic oxidation sites excluding steroid dienone is 1. The molecular formula is C26H36BrNO3SSi. The van der Waals surface area contributed by atoms with Gasteiger partial charge in [0.05, 0.1) is 23.2 Å². The van der Waals surface area contributed by atoms with Gasteiger partial charge in [0, 0.05) is 4.47 Å². The van der Waals surface area contributed by atoms with Crippen molar-refractivity contribution in [1.82, 2.24) is 0 Å². The average Bonchev–Trinajstić information content (AvgIpc) is 2.74. The van der Waals surface area contributed by atoms with Gasteiger partial charge in [-0.05, 0) is 90.1 Å². The van der Waals surface area contributed by atoms with Crippen LogP contribution >= 0.6 is 15.9 Å². The third-order valence-electron chi connectivity index (χ3n) is 6.87. The monoisotopic (exact) mass is 549 g/mol. The Morgan fingerprint density at radius 3 is 2.33 bits per heavy atom. The molecule has 0 saturated carbocycles. The van der Waals surface area contributed by atoms with Gasteiger partial charge in [-0.15, -0.1) is 0 Å². The summed E-state index contributed by atoms with van der Waals surface area (Å²) in [6.45, 7) is 13.6. The number of aryl methyl sites for hydroxylation is 1. The van der Waals surface area contributed by atoms with Gasteiger partial charge in [-0.1, -0.05) is 56.7 Å². The van der Waals surface area contributed by atoms with Gasteiger partial charge in [-0.3, -0.25) is 4.31 Å². The Balaban J connectivity index is 2.06. The Labute approximate surface area is 209 Å². The first-order valence-electron chi connectivity index (χ1n) is 11.5. The topological polar surface area (TPSA) is 46.6 Å². The van der Waals surface area contributed by atoms with E-state index in [0.717, 1.165) is 34.9 Å². The van der Waals surface area contributed by atoms with Crippen molar-refractivity contribution in [3.63, 3.8) is 0 Å². The predicted octanol–water partition coefficient (Wildman–Crippen LogP) is 7.45. The first-order chi connectivity index (χ1) is 15.3. The fourth-order valence-electron chi connectivity index (χ4n) is 3.74. The highest BCUT2D eigenvalue weighted by atomic mass is 79.9. The summed E-state index contributed by atoms with van der Waals surface area (Å²) < 4.78 is 37.0. The van der Waals surface area contributed by atoms with Crippen molar-refractivity contribution in [2.45, 2.75) is 76.0 Å². The van der Waals surface area contributed by atoms with Crippen LogP contribution in [0.15, 0.2) is 69.5 Å². The van der Waals surface area contributed by atoms with E-state index in [9.17, 15) is 8.42 Å². The molecule has 2 aromatic carbocycles. The van der Waals surface area contributed by atoms with Crippen LogP contribution in [0.25, 0.3) is 0 Å². The normalized spacial score (nSPS) is 17.5. The molecular weight excluding hydrogens is 514 g/mol. The fraction of sp³-hybridized carbons (Fsp3) is 0.462. The third-order valence-corrected chi connectivity index (χ3v) is 13.9. The first kappa shape index (κ1) is 26.2. The summed E-state index contributed by atoms with van der Waals surface area (Å²) in [5, 5.41) is 0.0911. The molecule has 0 saturated heterocycles. The molecule has 0 spiro atoms. The molecule has 1 atom stereocenters. The van der Waals surface area contributed by atoms with Crippen molar-refractivity contribution < 1.29 is 12.8 Å². The Morgan fingerprint density at radius 2 is 1.73 bits per heavy atom. The molecule has 0 amide bonds. The lowest BCUT2D eigenvalue weighted by Crippen LogP contribution is -2.46. The van der Waals surface area contributed by atoms with E-state index in [4.69, 9.17) is 4.43 Å². The Kier molecular flexibility index (Phi) is 7.99. The second-order valence-corrected chi connectivity index (χ2v) is 17.8. The molecule has 0 N–H and O–H groups in total. The van der Waals surface area contributed by atoms with Crippen LogP contribution in [0.5, 0.6) is 0 Å². The van der Waals surface area contributed by atoms with Gasteiger partial charge < -0.3 is 4.43 Å². The zero-order chi connectivity index (χ0) is 24.4. The van der Waals surface area contributed by atoms with Crippen LogP contribution in [-0.2, 0) is 14.4 Å². The molecule has 4 nitrogen and oxygen atoms in total. The van der Waals surface area contributed by atoms with E-state index < -0.39 is 18.3 Å². The zero-order valence-corrected chi connectivity index (χ0v) is 24.0. The van der Waals surface area contributed by atoms with Gasteiger partial charge in [-0.25, -0.2) is 8.42 Å². The molecule has 1 unspecified atom stereocenters. The SMILES string of the molecule is Cc1ccc(S(=O)(=O)N(c2ccccc2Br)C2CCCC=C2CO[Si](C)(C)C(C)(C)C)cc1. The van der Waals surface area contributed by atoms with Crippen molar-refractivity contribution >= 4 is 40.0 Å². The highest BCUT2D eigenvalue weighted by Gasteiger charge is 2.40. The molecule has 0 aromatic heterocycles. The fourth-order valence-corrected chi connectivity index (χ4v) is 7.00. The minimum absolute atomic E-state index is 0.0911. The molecule has 2 aromatic rings. The molecule has 0 aliphatic heterocycles. The van der Waals surface area contributed by atoms with Crippen molar-refractivity contribution in [2.75, 3.05) is 10.9 Å². The van der Waals surface area contributed by atoms with E-state index >= 15 is 0 Å². The van der Waals surface area contributed by atoms with Gasteiger partial charge in [0.1, 0.15) is 0 Å². The summed E-state index contributed by atoms with van der Waals surface area (Å²) in [5.74, 6) is 0. The molecule has 1 aliphatic carbocycles. The van der Waals surface area contributed by atoms with Crippen LogP contribution < -0.4 is 4.31 Å². The lowest BCUT2D eigenvalue weighted by molar-refractivity contribution is 0.307. The quantitative estimate of drug-likeness (QED) is 0.266. The second-order valence-electron chi connectivity index (χ2n) is 10.3. The van der Waals surface area contributed by atoms with Crippen LogP contribution in [0.3, 0.4) is 0 Å². The van der Waals surface area contributed by atoms with Crippen LogP contribution in [0.1, 0.15) is 45.6 Å². The number of para-hydroxylation sites is 1. The average molecular weight is 551 g/mol. The van der Waals surface area contributed by atoms with Gasteiger partial charge in [-0.2, -0.15) is 0 Å². The van der Waals surface area contributed by atoms with Crippen molar-refractivity contribution in [3.8, 4) is 0 Å². The molecule has 180 valence electrons. The second kappa shape index (κ2) is 10.1. The van der Waals surface area contributed by atoms with E-state index in [1.54, 1.807) is 16.4 Å². The summed E-state index contributed by atoms with van der Waals surface area (Å²) in [7, 11) is -5.77. The molecule has 7 heteroatoms. The van der Waals surface area contributed by atoms with Crippen LogP contribution in [0, 0.1) is 6.92 Å². The Hall–Kier alpha value is -1.41. The molecule has 0 radical (unpaired) electrons. The third kappa shape index (κ3) is 5.81. The van der Waals surface area contributed by atoms with Gasteiger partial charge in [0.2, 0.25) is 0 Å². The van der Waals surface area contributed by atoms with Crippen LogP contribution in [0.4, 0.5) is 5.69 Å². The molecule has 0 bridgehead atoms. The highest BCUT2D eigenvalue weighted by molar-refractivity contribution is 9.10. The van der Waals surface area contributed by atoms with E-state index in [-0.39, 0.29) is 11.1 Å². The maximum atomic E-state index is 14.0. The van der Waals surface area contributed by atoms with Gasteiger partial charge in [0.15, 0.2) is 8.32 Å². The maximum Gasteiger partial charge on any atom is 0.264 e. The summed E-state index contributed by atoms with van der Waals surface area (Å²) in [4.78, 5) is 0.305. The number of hydrogen-bond donors (Lipinski definition) is 0. The number of benzene rings is 2.